The van der Waals surface area contributed by atoms with Crippen LogP contribution in [0.4, 0.5) is 0 Å². The molecule has 42 heavy (non-hydrogen) atoms. The van der Waals surface area contributed by atoms with Crippen molar-refractivity contribution in [1.29, 1.82) is 0 Å². The normalized spacial score (nSPS) is 17.2. The van der Waals surface area contributed by atoms with E-state index in [1.807, 2.05) is 35.0 Å². The van der Waals surface area contributed by atoms with Crippen LogP contribution in [0.15, 0.2) is 60.8 Å². The highest BCUT2D eigenvalue weighted by Crippen LogP contribution is 2.36. The number of aliphatic hydroxyl groups is 1. The maximum atomic E-state index is 12.6. The van der Waals surface area contributed by atoms with Gasteiger partial charge in [0, 0.05) is 6.20 Å². The quantitative estimate of drug-likeness (QED) is 0.242. The van der Waals surface area contributed by atoms with Gasteiger partial charge in [-0.15, -0.1) is 5.10 Å². The minimum atomic E-state index is -0.845. The fourth-order valence-electron chi connectivity index (χ4n) is 5.42. The van der Waals surface area contributed by atoms with Crippen molar-refractivity contribution in [2.75, 3.05) is 13.7 Å². The molecule has 1 fully saturated rings. The molecule has 1 N–H and O–H groups in total. The minimum Gasteiger partial charge on any atom is -0.497 e. The molecule has 0 radical (unpaired) electrons. The van der Waals surface area contributed by atoms with Gasteiger partial charge in [0.2, 0.25) is 11.6 Å². The summed E-state index contributed by atoms with van der Waals surface area (Å²) in [5.41, 5.74) is 3.59. The van der Waals surface area contributed by atoms with Crippen LogP contribution in [0, 0.1) is 0 Å². The van der Waals surface area contributed by atoms with E-state index in [1.54, 1.807) is 38.8 Å². The Kier molecular flexibility index (Phi) is 8.91. The van der Waals surface area contributed by atoms with Crippen molar-refractivity contribution >= 4 is 5.97 Å². The second kappa shape index (κ2) is 12.8. The first-order chi connectivity index (χ1) is 20.2. The molecule has 0 aliphatic heterocycles. The third-order valence-corrected chi connectivity index (χ3v) is 7.53. The molecule has 2 aromatic carbocycles. The molecule has 0 bridgehead atoms. The summed E-state index contributed by atoms with van der Waals surface area (Å²) < 4.78 is 20.4. The van der Waals surface area contributed by atoms with Crippen LogP contribution >= 0.6 is 0 Å². The number of carbonyl (C=O) groups excluding carboxylic acids is 1. The molecule has 10 nitrogen and oxygen atoms in total. The van der Waals surface area contributed by atoms with Crippen LogP contribution in [0.25, 0.3) is 11.3 Å². The van der Waals surface area contributed by atoms with Crippen LogP contribution in [0.3, 0.4) is 0 Å². The SMILES string of the molecule is CCOC(=O)c1nnn(Cc2ccc(OC)cc2)c1O[C@H]1CC[C@H](c2ccc(-c3ccnn3CC(C)(C)O)cc2)CC1. The third-order valence-electron chi connectivity index (χ3n) is 7.53. The first kappa shape index (κ1) is 29.3. The molecule has 0 amide bonds. The monoisotopic (exact) mass is 573 g/mol. The Balaban J connectivity index is 1.25. The van der Waals surface area contributed by atoms with Crippen LogP contribution < -0.4 is 9.47 Å². The number of hydrogen-bond acceptors (Lipinski definition) is 8. The number of carbonyl (C=O) groups is 1. The van der Waals surface area contributed by atoms with Crippen molar-refractivity contribution in [2.24, 2.45) is 0 Å². The van der Waals surface area contributed by atoms with E-state index >= 15 is 0 Å². The summed E-state index contributed by atoms with van der Waals surface area (Å²) in [4.78, 5) is 12.6. The first-order valence-corrected chi connectivity index (χ1v) is 14.5. The second-order valence-electron chi connectivity index (χ2n) is 11.4. The zero-order valence-corrected chi connectivity index (χ0v) is 24.7. The lowest BCUT2D eigenvalue weighted by Crippen LogP contribution is -2.27. The first-order valence-electron chi connectivity index (χ1n) is 14.5. The highest BCUT2D eigenvalue weighted by Gasteiger charge is 2.29. The Bertz CT molecular complexity index is 1460. The Hall–Kier alpha value is -4.18. The molecule has 0 atom stereocenters. The summed E-state index contributed by atoms with van der Waals surface area (Å²) in [6.45, 7) is 6.40. The number of ether oxygens (including phenoxy) is 3. The molecule has 10 heteroatoms. The van der Waals surface area contributed by atoms with Gasteiger partial charge >= 0.3 is 5.97 Å². The Morgan fingerprint density at radius 3 is 2.36 bits per heavy atom. The van der Waals surface area contributed by atoms with Crippen LogP contribution in [0.1, 0.15) is 74.0 Å². The maximum absolute atomic E-state index is 12.6. The molecule has 0 spiro atoms. The molecule has 2 aromatic heterocycles. The molecule has 222 valence electrons. The Morgan fingerprint density at radius 2 is 1.71 bits per heavy atom. The molecule has 4 aromatic rings. The smallest absolute Gasteiger partial charge is 0.364 e. The fraction of sp³-hybridized carbons (Fsp3) is 0.438. The van der Waals surface area contributed by atoms with Crippen LogP contribution in [0.2, 0.25) is 0 Å². The molecule has 1 saturated carbocycles. The van der Waals surface area contributed by atoms with Gasteiger partial charge < -0.3 is 19.3 Å². The minimum absolute atomic E-state index is 0.0574. The topological polar surface area (TPSA) is 114 Å². The van der Waals surface area contributed by atoms with Gasteiger partial charge in [0.1, 0.15) is 11.9 Å². The lowest BCUT2D eigenvalue weighted by atomic mass is 9.82. The number of esters is 1. The lowest BCUT2D eigenvalue weighted by Gasteiger charge is -2.29. The van der Waals surface area contributed by atoms with Crippen molar-refractivity contribution in [1.82, 2.24) is 24.8 Å². The van der Waals surface area contributed by atoms with E-state index in [-0.39, 0.29) is 18.4 Å². The van der Waals surface area contributed by atoms with Crippen molar-refractivity contribution in [3.63, 3.8) is 0 Å². The number of aromatic nitrogens is 5. The van der Waals surface area contributed by atoms with Crippen molar-refractivity contribution in [3.8, 4) is 22.9 Å². The number of nitrogens with zero attached hydrogens (tertiary/aromatic N) is 5. The van der Waals surface area contributed by atoms with Crippen LogP contribution in [-0.2, 0) is 17.8 Å². The van der Waals surface area contributed by atoms with Crippen molar-refractivity contribution < 1.29 is 24.1 Å². The Labute approximate surface area is 246 Å². The standard InChI is InChI=1S/C32H39N5O5/c1-5-41-31(38)29-30(36(35-34-29)20-22-6-14-26(40-4)15-7-22)42-27-16-12-24(13-17-27)23-8-10-25(11-9-23)28-18-19-33-37(28)21-32(2,3)39/h6-11,14-15,18-19,24,27,39H,5,12-13,16-17,20-21H2,1-4H3/t24-,27-. The molecule has 5 rings (SSSR count). The average Bonchev–Trinajstić information content (AvgIpc) is 3.60. The number of benzene rings is 2. The van der Waals surface area contributed by atoms with Gasteiger partial charge in [0.15, 0.2) is 0 Å². The second-order valence-corrected chi connectivity index (χ2v) is 11.4. The average molecular weight is 574 g/mol. The molecular weight excluding hydrogens is 534 g/mol. The maximum Gasteiger partial charge on any atom is 0.364 e. The summed E-state index contributed by atoms with van der Waals surface area (Å²) in [7, 11) is 1.63. The highest BCUT2D eigenvalue weighted by molar-refractivity contribution is 5.89. The molecule has 2 heterocycles. The number of hydrogen-bond donors (Lipinski definition) is 1. The largest absolute Gasteiger partial charge is 0.497 e. The van der Waals surface area contributed by atoms with E-state index in [1.165, 1.54) is 5.56 Å². The van der Waals surface area contributed by atoms with Gasteiger partial charge in [-0.05, 0) is 87.3 Å². The van der Waals surface area contributed by atoms with Crippen molar-refractivity contribution in [2.45, 2.75) is 77.2 Å². The van der Waals surface area contributed by atoms with Gasteiger partial charge in [0.25, 0.3) is 0 Å². The zero-order chi connectivity index (χ0) is 29.7. The molecule has 1 aliphatic carbocycles. The summed E-state index contributed by atoms with van der Waals surface area (Å²) in [5.74, 6) is 1.00. The summed E-state index contributed by atoms with van der Waals surface area (Å²) >= 11 is 0. The van der Waals surface area contributed by atoms with E-state index < -0.39 is 11.6 Å². The van der Waals surface area contributed by atoms with E-state index in [4.69, 9.17) is 14.2 Å². The summed E-state index contributed by atoms with van der Waals surface area (Å²) in [6.07, 6.45) is 5.34. The fourth-order valence-corrected chi connectivity index (χ4v) is 5.42. The van der Waals surface area contributed by atoms with Gasteiger partial charge in [-0.3, -0.25) is 4.68 Å². The van der Waals surface area contributed by atoms with E-state index in [9.17, 15) is 9.90 Å². The van der Waals surface area contributed by atoms with E-state index in [0.29, 0.717) is 24.9 Å². The van der Waals surface area contributed by atoms with Gasteiger partial charge in [0.05, 0.1) is 38.1 Å². The van der Waals surface area contributed by atoms with Gasteiger partial charge in [-0.2, -0.15) is 5.10 Å². The van der Waals surface area contributed by atoms with Crippen LogP contribution in [-0.4, -0.2) is 61.3 Å². The third kappa shape index (κ3) is 6.99. The molecule has 1 aliphatic rings. The lowest BCUT2D eigenvalue weighted by molar-refractivity contribution is 0.0506. The van der Waals surface area contributed by atoms with Gasteiger partial charge in [-0.25, -0.2) is 9.48 Å². The predicted molar refractivity (Wildman–Crippen MR) is 158 cm³/mol. The van der Waals surface area contributed by atoms with E-state index in [0.717, 1.165) is 48.3 Å². The highest BCUT2D eigenvalue weighted by atomic mass is 16.5. The molecule has 0 unspecified atom stereocenters. The van der Waals surface area contributed by atoms with E-state index in [2.05, 4.69) is 39.7 Å². The summed E-state index contributed by atoms with van der Waals surface area (Å²) in [5, 5.41) is 23.0. The predicted octanol–water partition coefficient (Wildman–Crippen LogP) is 5.25. The van der Waals surface area contributed by atoms with Gasteiger partial charge in [-0.1, -0.05) is 41.6 Å². The Morgan fingerprint density at radius 1 is 1.00 bits per heavy atom. The summed E-state index contributed by atoms with van der Waals surface area (Å²) in [6, 6.07) is 18.3. The van der Waals surface area contributed by atoms with Crippen molar-refractivity contribution in [3.05, 3.63) is 77.6 Å². The van der Waals surface area contributed by atoms with Crippen LogP contribution in [0.5, 0.6) is 11.6 Å². The molecule has 0 saturated heterocycles. The zero-order valence-electron chi connectivity index (χ0n) is 24.7. The number of rotatable bonds is 11. The number of methoxy groups -OCH3 is 1. The molecular formula is C32H39N5O5.